The molecule has 4 heteroatoms. The lowest BCUT2D eigenvalue weighted by atomic mass is 10.2. The standard InChI is InChI=1S/C12H10F2N2/c1-2-8-6-15-12(16-7-8)10-4-3-9(13)5-11(10)14/h3-7H,2H2,1H3. The lowest BCUT2D eigenvalue weighted by Crippen LogP contribution is -1.94. The monoisotopic (exact) mass is 220 g/mol. The molecule has 0 spiro atoms. The minimum absolute atomic E-state index is 0.212. The van der Waals surface area contributed by atoms with Gasteiger partial charge in [-0.05, 0) is 24.1 Å². The summed E-state index contributed by atoms with van der Waals surface area (Å²) in [7, 11) is 0. The summed E-state index contributed by atoms with van der Waals surface area (Å²) in [6, 6.07) is 3.35. The van der Waals surface area contributed by atoms with E-state index in [1.807, 2.05) is 6.92 Å². The highest BCUT2D eigenvalue weighted by atomic mass is 19.1. The lowest BCUT2D eigenvalue weighted by molar-refractivity contribution is 0.585. The van der Waals surface area contributed by atoms with E-state index in [0.29, 0.717) is 0 Å². The summed E-state index contributed by atoms with van der Waals surface area (Å²) in [6.07, 6.45) is 4.11. The molecule has 0 bridgehead atoms. The molecule has 0 aliphatic rings. The van der Waals surface area contributed by atoms with Crippen molar-refractivity contribution in [2.24, 2.45) is 0 Å². The predicted molar refractivity (Wildman–Crippen MR) is 56.8 cm³/mol. The first-order valence-corrected chi connectivity index (χ1v) is 4.97. The molecule has 2 aromatic rings. The highest BCUT2D eigenvalue weighted by molar-refractivity contribution is 5.55. The van der Waals surface area contributed by atoms with Crippen LogP contribution in [0.1, 0.15) is 12.5 Å². The zero-order valence-electron chi connectivity index (χ0n) is 8.74. The Labute approximate surface area is 92.0 Å². The van der Waals surface area contributed by atoms with Gasteiger partial charge >= 0.3 is 0 Å². The number of hydrogen-bond acceptors (Lipinski definition) is 2. The smallest absolute Gasteiger partial charge is 0.162 e. The third-order valence-corrected chi connectivity index (χ3v) is 2.29. The van der Waals surface area contributed by atoms with Crippen LogP contribution in [0.2, 0.25) is 0 Å². The van der Waals surface area contributed by atoms with E-state index in [1.165, 1.54) is 12.1 Å². The largest absolute Gasteiger partial charge is 0.236 e. The maximum atomic E-state index is 13.4. The maximum Gasteiger partial charge on any atom is 0.162 e. The van der Waals surface area contributed by atoms with Crippen LogP contribution in [0.15, 0.2) is 30.6 Å². The molecule has 0 amide bonds. The SMILES string of the molecule is CCc1cnc(-c2ccc(F)cc2F)nc1. The molecular formula is C12H10F2N2. The fraction of sp³-hybridized carbons (Fsp3) is 0.167. The van der Waals surface area contributed by atoms with Gasteiger partial charge in [-0.2, -0.15) is 0 Å². The Bertz CT molecular complexity index is 495. The van der Waals surface area contributed by atoms with E-state index in [4.69, 9.17) is 0 Å². The Balaban J connectivity index is 2.42. The maximum absolute atomic E-state index is 13.4. The second kappa shape index (κ2) is 4.35. The van der Waals surface area contributed by atoms with Gasteiger partial charge in [0, 0.05) is 18.5 Å². The van der Waals surface area contributed by atoms with E-state index in [-0.39, 0.29) is 11.4 Å². The summed E-state index contributed by atoms with van der Waals surface area (Å²) < 4.78 is 26.1. The molecular weight excluding hydrogens is 210 g/mol. The van der Waals surface area contributed by atoms with Crippen molar-refractivity contribution in [1.29, 1.82) is 0 Å². The zero-order valence-corrected chi connectivity index (χ0v) is 8.74. The highest BCUT2D eigenvalue weighted by Crippen LogP contribution is 2.19. The van der Waals surface area contributed by atoms with Crippen LogP contribution in [0.25, 0.3) is 11.4 Å². The molecule has 82 valence electrons. The van der Waals surface area contributed by atoms with Crippen LogP contribution in [0.4, 0.5) is 8.78 Å². The molecule has 0 atom stereocenters. The molecule has 0 aliphatic heterocycles. The van der Waals surface area contributed by atoms with E-state index in [9.17, 15) is 8.78 Å². The Morgan fingerprint density at radius 1 is 1.12 bits per heavy atom. The quantitative estimate of drug-likeness (QED) is 0.777. The average molecular weight is 220 g/mol. The van der Waals surface area contributed by atoms with Gasteiger partial charge in [0.2, 0.25) is 0 Å². The summed E-state index contributed by atoms with van der Waals surface area (Å²) in [5, 5.41) is 0. The van der Waals surface area contributed by atoms with Crippen molar-refractivity contribution in [3.8, 4) is 11.4 Å². The van der Waals surface area contributed by atoms with E-state index in [1.54, 1.807) is 12.4 Å². The number of benzene rings is 1. The molecule has 0 radical (unpaired) electrons. The fourth-order valence-electron chi connectivity index (χ4n) is 1.35. The number of halogens is 2. The van der Waals surface area contributed by atoms with Crippen LogP contribution < -0.4 is 0 Å². The topological polar surface area (TPSA) is 25.8 Å². The van der Waals surface area contributed by atoms with Gasteiger partial charge in [0.15, 0.2) is 5.82 Å². The summed E-state index contributed by atoms with van der Waals surface area (Å²) >= 11 is 0. The van der Waals surface area contributed by atoms with Crippen molar-refractivity contribution < 1.29 is 8.78 Å². The molecule has 0 saturated heterocycles. The lowest BCUT2D eigenvalue weighted by Gasteiger charge is -2.02. The van der Waals surface area contributed by atoms with Crippen molar-refractivity contribution in [1.82, 2.24) is 9.97 Å². The molecule has 16 heavy (non-hydrogen) atoms. The predicted octanol–water partition coefficient (Wildman–Crippen LogP) is 2.98. The first-order valence-electron chi connectivity index (χ1n) is 4.97. The number of aryl methyl sites for hydroxylation is 1. The summed E-state index contributed by atoms with van der Waals surface area (Å²) in [4.78, 5) is 8.07. The Morgan fingerprint density at radius 3 is 2.38 bits per heavy atom. The third kappa shape index (κ3) is 2.05. The third-order valence-electron chi connectivity index (χ3n) is 2.29. The summed E-state index contributed by atoms with van der Waals surface area (Å²) in [5.74, 6) is -0.981. The van der Waals surface area contributed by atoms with E-state index in [2.05, 4.69) is 9.97 Å². The molecule has 0 saturated carbocycles. The Hall–Kier alpha value is -1.84. The van der Waals surface area contributed by atoms with Crippen LogP contribution in [0.3, 0.4) is 0 Å². The van der Waals surface area contributed by atoms with Crippen molar-refractivity contribution >= 4 is 0 Å². The normalized spacial score (nSPS) is 10.4. The van der Waals surface area contributed by atoms with Gasteiger partial charge < -0.3 is 0 Å². The van der Waals surface area contributed by atoms with Gasteiger partial charge in [0.25, 0.3) is 0 Å². The van der Waals surface area contributed by atoms with E-state index >= 15 is 0 Å². The second-order valence-corrected chi connectivity index (χ2v) is 3.39. The van der Waals surface area contributed by atoms with Crippen LogP contribution in [0, 0.1) is 11.6 Å². The number of hydrogen-bond donors (Lipinski definition) is 0. The number of aromatic nitrogens is 2. The summed E-state index contributed by atoms with van der Waals surface area (Å²) in [5.41, 5.74) is 1.19. The highest BCUT2D eigenvalue weighted by Gasteiger charge is 2.08. The minimum Gasteiger partial charge on any atom is -0.236 e. The molecule has 2 nitrogen and oxygen atoms in total. The van der Waals surface area contributed by atoms with Crippen molar-refractivity contribution in [2.75, 3.05) is 0 Å². The Kier molecular flexibility index (Phi) is 2.90. The fourth-order valence-corrected chi connectivity index (χ4v) is 1.35. The molecule has 2 rings (SSSR count). The number of rotatable bonds is 2. The average Bonchev–Trinajstić information content (AvgIpc) is 2.29. The van der Waals surface area contributed by atoms with Gasteiger partial charge in [-0.25, -0.2) is 18.7 Å². The second-order valence-electron chi connectivity index (χ2n) is 3.39. The molecule has 1 heterocycles. The van der Waals surface area contributed by atoms with Gasteiger partial charge in [-0.3, -0.25) is 0 Å². The van der Waals surface area contributed by atoms with Gasteiger partial charge in [-0.1, -0.05) is 6.92 Å². The van der Waals surface area contributed by atoms with Gasteiger partial charge in [0.1, 0.15) is 11.6 Å². The van der Waals surface area contributed by atoms with Crippen LogP contribution >= 0.6 is 0 Å². The summed E-state index contributed by atoms with van der Waals surface area (Å²) in [6.45, 7) is 1.98. The van der Waals surface area contributed by atoms with Crippen LogP contribution in [-0.2, 0) is 6.42 Å². The molecule has 0 fully saturated rings. The van der Waals surface area contributed by atoms with Gasteiger partial charge in [0.05, 0.1) is 5.56 Å². The van der Waals surface area contributed by atoms with E-state index < -0.39 is 11.6 Å². The van der Waals surface area contributed by atoms with Crippen molar-refractivity contribution in [2.45, 2.75) is 13.3 Å². The van der Waals surface area contributed by atoms with Crippen LogP contribution in [-0.4, -0.2) is 9.97 Å². The first kappa shape index (κ1) is 10.7. The molecule has 1 aromatic heterocycles. The van der Waals surface area contributed by atoms with Gasteiger partial charge in [-0.15, -0.1) is 0 Å². The molecule has 1 aromatic carbocycles. The Morgan fingerprint density at radius 2 is 1.81 bits per heavy atom. The molecule has 0 unspecified atom stereocenters. The van der Waals surface area contributed by atoms with Crippen molar-refractivity contribution in [3.05, 3.63) is 47.8 Å². The zero-order chi connectivity index (χ0) is 11.5. The van der Waals surface area contributed by atoms with E-state index in [0.717, 1.165) is 18.1 Å². The minimum atomic E-state index is -0.649. The first-order chi connectivity index (χ1) is 7.70. The number of nitrogens with zero attached hydrogens (tertiary/aromatic N) is 2. The van der Waals surface area contributed by atoms with Crippen LogP contribution in [0.5, 0.6) is 0 Å². The van der Waals surface area contributed by atoms with Crippen molar-refractivity contribution in [3.63, 3.8) is 0 Å². The molecule has 0 aliphatic carbocycles. The molecule has 0 N–H and O–H groups in total.